The summed E-state index contributed by atoms with van der Waals surface area (Å²) >= 11 is 6.25. The molecular formula is C15H22ClF3N2. The van der Waals surface area contributed by atoms with Gasteiger partial charge in [0.15, 0.2) is 0 Å². The number of alkyl halides is 3. The van der Waals surface area contributed by atoms with E-state index in [9.17, 15) is 13.2 Å². The van der Waals surface area contributed by atoms with Crippen molar-refractivity contribution >= 4 is 17.3 Å². The topological polar surface area (TPSA) is 15.3 Å². The van der Waals surface area contributed by atoms with Gasteiger partial charge in [-0.2, -0.15) is 13.2 Å². The lowest BCUT2D eigenvalue weighted by atomic mass is 10.1. The van der Waals surface area contributed by atoms with Gasteiger partial charge < -0.3 is 10.2 Å². The Labute approximate surface area is 129 Å². The van der Waals surface area contributed by atoms with Gasteiger partial charge in [0.2, 0.25) is 0 Å². The van der Waals surface area contributed by atoms with Crippen LogP contribution in [0.5, 0.6) is 0 Å². The first kappa shape index (κ1) is 18.1. The van der Waals surface area contributed by atoms with Crippen molar-refractivity contribution in [3.63, 3.8) is 0 Å². The molecule has 1 N–H and O–H groups in total. The van der Waals surface area contributed by atoms with Gasteiger partial charge in [0.1, 0.15) is 0 Å². The molecule has 2 nitrogen and oxygen atoms in total. The second-order valence-corrected chi connectivity index (χ2v) is 5.58. The van der Waals surface area contributed by atoms with Crippen LogP contribution in [0.15, 0.2) is 18.2 Å². The minimum Gasteiger partial charge on any atom is -0.374 e. The van der Waals surface area contributed by atoms with Crippen LogP contribution >= 0.6 is 11.6 Å². The zero-order chi connectivity index (χ0) is 16.0. The first-order valence-corrected chi connectivity index (χ1v) is 7.43. The minimum atomic E-state index is -4.14. The Hall–Kier alpha value is -0.940. The van der Waals surface area contributed by atoms with E-state index in [1.54, 1.807) is 18.0 Å². The van der Waals surface area contributed by atoms with Crippen molar-refractivity contribution in [1.29, 1.82) is 0 Å². The van der Waals surface area contributed by atoms with Crippen LogP contribution in [0.2, 0.25) is 5.02 Å². The molecule has 0 saturated carbocycles. The largest absolute Gasteiger partial charge is 0.390 e. The van der Waals surface area contributed by atoms with Crippen LogP contribution < -0.4 is 10.2 Å². The molecule has 0 amide bonds. The second-order valence-electron chi connectivity index (χ2n) is 5.17. The highest BCUT2D eigenvalue weighted by atomic mass is 35.5. The Morgan fingerprint density at radius 3 is 2.52 bits per heavy atom. The van der Waals surface area contributed by atoms with Crippen molar-refractivity contribution in [1.82, 2.24) is 5.32 Å². The van der Waals surface area contributed by atoms with E-state index in [1.165, 1.54) is 0 Å². The molecule has 0 saturated heterocycles. The summed E-state index contributed by atoms with van der Waals surface area (Å²) in [6.07, 6.45) is -3.95. The van der Waals surface area contributed by atoms with E-state index in [-0.39, 0.29) is 12.6 Å². The van der Waals surface area contributed by atoms with Crippen molar-refractivity contribution in [3.8, 4) is 0 Å². The quantitative estimate of drug-likeness (QED) is 0.776. The molecule has 1 rings (SSSR count). The van der Waals surface area contributed by atoms with Crippen molar-refractivity contribution < 1.29 is 13.2 Å². The molecule has 0 radical (unpaired) electrons. The fraction of sp³-hybridized carbons (Fsp3) is 0.600. The molecule has 1 atom stereocenters. The average molecular weight is 323 g/mol. The van der Waals surface area contributed by atoms with E-state index in [2.05, 4.69) is 12.2 Å². The number of halogens is 4. The van der Waals surface area contributed by atoms with Crippen LogP contribution in [-0.2, 0) is 0 Å². The average Bonchev–Trinajstić information content (AvgIpc) is 2.41. The van der Waals surface area contributed by atoms with Crippen LogP contribution in [0.3, 0.4) is 0 Å². The van der Waals surface area contributed by atoms with E-state index in [0.717, 1.165) is 18.5 Å². The number of anilines is 1. The Balaban J connectivity index is 2.72. The number of nitrogens with zero attached hydrogens (tertiary/aromatic N) is 1. The van der Waals surface area contributed by atoms with Gasteiger partial charge in [-0.3, -0.25) is 0 Å². The monoisotopic (exact) mass is 322 g/mol. The fourth-order valence-corrected chi connectivity index (χ4v) is 2.34. The van der Waals surface area contributed by atoms with Crippen LogP contribution in [0.25, 0.3) is 0 Å². The Kier molecular flexibility index (Phi) is 6.81. The van der Waals surface area contributed by atoms with Gasteiger partial charge >= 0.3 is 6.18 Å². The zero-order valence-corrected chi connectivity index (χ0v) is 13.4. The molecule has 1 aromatic carbocycles. The zero-order valence-electron chi connectivity index (χ0n) is 12.6. The third-order valence-electron chi connectivity index (χ3n) is 3.32. The summed E-state index contributed by atoms with van der Waals surface area (Å²) in [5.41, 5.74) is 1.65. The van der Waals surface area contributed by atoms with Crippen LogP contribution in [0.1, 0.15) is 38.3 Å². The molecule has 0 aromatic heterocycles. The minimum absolute atomic E-state index is 0.0805. The van der Waals surface area contributed by atoms with Crippen molar-refractivity contribution in [2.24, 2.45) is 0 Å². The molecule has 21 heavy (non-hydrogen) atoms. The summed E-state index contributed by atoms with van der Waals surface area (Å²) in [6, 6.07) is 5.51. The molecule has 0 aliphatic heterocycles. The second kappa shape index (κ2) is 7.90. The molecule has 0 fully saturated rings. The summed E-state index contributed by atoms with van der Waals surface area (Å²) in [5, 5.41) is 3.91. The van der Waals surface area contributed by atoms with E-state index in [1.807, 2.05) is 19.1 Å². The lowest BCUT2D eigenvalue weighted by Crippen LogP contribution is -2.24. The Bertz CT molecular complexity index is 449. The van der Waals surface area contributed by atoms with Crippen molar-refractivity contribution in [2.75, 3.05) is 25.0 Å². The molecule has 6 heteroatoms. The summed E-state index contributed by atoms with van der Waals surface area (Å²) in [7, 11) is 1.63. The van der Waals surface area contributed by atoms with E-state index >= 15 is 0 Å². The molecule has 0 bridgehead atoms. The van der Waals surface area contributed by atoms with Crippen LogP contribution in [0, 0.1) is 0 Å². The molecule has 0 aliphatic rings. The molecule has 0 aliphatic carbocycles. The lowest BCUT2D eigenvalue weighted by molar-refractivity contribution is -0.132. The number of rotatable bonds is 7. The standard InChI is InChI=1S/C15H22ClF3N2/c1-4-8-20-11(2)13-6-5-12(10-14(13)16)21(3)9-7-15(17,18)19/h5-6,10-11,20H,4,7-9H2,1-3H3. The maximum absolute atomic E-state index is 12.2. The third kappa shape index (κ3) is 6.14. The van der Waals surface area contributed by atoms with Gasteiger partial charge in [0, 0.05) is 30.3 Å². The highest BCUT2D eigenvalue weighted by molar-refractivity contribution is 6.31. The first-order chi connectivity index (χ1) is 9.74. The predicted octanol–water partition coefficient (Wildman–Crippen LogP) is 4.79. The maximum atomic E-state index is 12.2. The summed E-state index contributed by atoms with van der Waals surface area (Å²) in [6.45, 7) is 4.91. The van der Waals surface area contributed by atoms with E-state index in [4.69, 9.17) is 11.6 Å². The van der Waals surface area contributed by atoms with Gasteiger partial charge in [-0.05, 0) is 37.6 Å². The van der Waals surface area contributed by atoms with Crippen molar-refractivity contribution in [3.05, 3.63) is 28.8 Å². The van der Waals surface area contributed by atoms with Gasteiger partial charge in [-0.25, -0.2) is 0 Å². The smallest absolute Gasteiger partial charge is 0.374 e. The van der Waals surface area contributed by atoms with E-state index in [0.29, 0.717) is 10.7 Å². The van der Waals surface area contributed by atoms with Crippen LogP contribution in [0.4, 0.5) is 18.9 Å². The Morgan fingerprint density at radius 1 is 1.33 bits per heavy atom. The molecule has 1 unspecified atom stereocenters. The van der Waals surface area contributed by atoms with E-state index < -0.39 is 12.6 Å². The maximum Gasteiger partial charge on any atom is 0.390 e. The van der Waals surface area contributed by atoms with Gasteiger partial charge in [-0.1, -0.05) is 24.6 Å². The highest BCUT2D eigenvalue weighted by Gasteiger charge is 2.27. The fourth-order valence-electron chi connectivity index (χ4n) is 2.00. The summed E-state index contributed by atoms with van der Waals surface area (Å²) in [4.78, 5) is 1.56. The molecule has 1 aromatic rings. The molecule has 0 heterocycles. The number of hydrogen-bond acceptors (Lipinski definition) is 2. The molecular weight excluding hydrogens is 301 g/mol. The van der Waals surface area contributed by atoms with Gasteiger partial charge in [0.05, 0.1) is 6.42 Å². The molecule has 0 spiro atoms. The highest BCUT2D eigenvalue weighted by Crippen LogP contribution is 2.28. The normalized spacial score (nSPS) is 13.3. The third-order valence-corrected chi connectivity index (χ3v) is 3.65. The van der Waals surface area contributed by atoms with Crippen LogP contribution in [-0.4, -0.2) is 26.3 Å². The molecule has 120 valence electrons. The summed E-state index contributed by atoms with van der Waals surface area (Å²) < 4.78 is 36.7. The number of benzene rings is 1. The predicted molar refractivity (Wildman–Crippen MR) is 82.1 cm³/mol. The Morgan fingerprint density at radius 2 is 2.00 bits per heavy atom. The van der Waals surface area contributed by atoms with Crippen molar-refractivity contribution in [2.45, 2.75) is 38.9 Å². The first-order valence-electron chi connectivity index (χ1n) is 7.05. The van der Waals surface area contributed by atoms with Gasteiger partial charge in [0.25, 0.3) is 0 Å². The number of nitrogens with one attached hydrogen (secondary N) is 1. The summed E-state index contributed by atoms with van der Waals surface area (Å²) in [5.74, 6) is 0. The number of hydrogen-bond donors (Lipinski definition) is 1. The van der Waals surface area contributed by atoms with Gasteiger partial charge in [-0.15, -0.1) is 0 Å². The lowest BCUT2D eigenvalue weighted by Gasteiger charge is -2.22. The SMILES string of the molecule is CCCNC(C)c1ccc(N(C)CCC(F)(F)F)cc1Cl.